The van der Waals surface area contributed by atoms with Crippen LogP contribution in [0.5, 0.6) is 0 Å². The van der Waals surface area contributed by atoms with E-state index < -0.39 is 156 Å². The van der Waals surface area contributed by atoms with E-state index in [1.807, 2.05) is 47.6 Å². The number of aliphatic hydroxyl groups is 3. The van der Waals surface area contributed by atoms with Gasteiger partial charge in [-0.1, -0.05) is 133 Å². The Morgan fingerprint density at radius 2 is 0.961 bits per heavy atom. The lowest BCUT2D eigenvalue weighted by Gasteiger charge is -2.40. The minimum absolute atomic E-state index is 0.00799. The number of benzene rings is 3. The normalized spacial score (nSPS) is 27.0. The largest absolute Gasteiger partial charge is 0.391 e. The number of hydrogen-bond acceptors (Lipinski definition) is 16. The van der Waals surface area contributed by atoms with Gasteiger partial charge in [-0.2, -0.15) is 0 Å². The van der Waals surface area contributed by atoms with E-state index in [1.165, 1.54) is 80.6 Å². The maximum Gasteiger partial charge on any atom is 0.247 e. The third-order valence-electron chi connectivity index (χ3n) is 19.5. The van der Waals surface area contributed by atoms with E-state index in [4.69, 9.17) is 4.74 Å². The van der Waals surface area contributed by atoms with Crippen LogP contribution in [0.25, 0.3) is 0 Å². The summed E-state index contributed by atoms with van der Waals surface area (Å²) in [5.74, 6) is -7.76. The van der Waals surface area contributed by atoms with E-state index in [0.717, 1.165) is 11.3 Å². The minimum Gasteiger partial charge on any atom is -0.391 e. The van der Waals surface area contributed by atoms with Crippen molar-refractivity contribution in [1.29, 1.82) is 0 Å². The number of nitrogens with zero attached hydrogens (tertiary/aromatic N) is 7. The Morgan fingerprint density at radius 1 is 0.515 bits per heavy atom. The Labute approximate surface area is 610 Å². The first-order chi connectivity index (χ1) is 48.3. The molecule has 26 heteroatoms. The third-order valence-corrected chi connectivity index (χ3v) is 19.5. The van der Waals surface area contributed by atoms with E-state index in [9.17, 15) is 29.7 Å². The second-order valence-corrected chi connectivity index (χ2v) is 30.5. The molecule has 2 aliphatic heterocycles. The van der Waals surface area contributed by atoms with Gasteiger partial charge in [0.05, 0.1) is 48.9 Å². The molecule has 2 unspecified atom stereocenters. The van der Waals surface area contributed by atoms with Gasteiger partial charge in [0, 0.05) is 54.7 Å². The summed E-state index contributed by atoms with van der Waals surface area (Å²) in [6, 6.07) is 12.2. The van der Waals surface area contributed by atoms with Gasteiger partial charge < -0.3 is 70.7 Å². The number of carbonyl (C=O) groups excluding carboxylic acids is 10. The highest BCUT2D eigenvalue weighted by atomic mass is 16.5. The molecule has 3 aromatic carbocycles. The highest BCUT2D eigenvalue weighted by Gasteiger charge is 2.44. The Kier molecular flexibility index (Phi) is 33.2. The van der Waals surface area contributed by atoms with Crippen LogP contribution in [0.1, 0.15) is 145 Å². The number of nitrogens with one attached hydrogen (secondary N) is 5. The summed E-state index contributed by atoms with van der Waals surface area (Å²) in [5, 5.41) is 50.9. The van der Waals surface area contributed by atoms with Gasteiger partial charge in [-0.3, -0.25) is 58.2 Å². The van der Waals surface area contributed by atoms with Crippen molar-refractivity contribution in [3.63, 3.8) is 0 Å². The number of ether oxygens (including phenoxy) is 1. The Morgan fingerprint density at radius 3 is 1.47 bits per heavy atom. The summed E-state index contributed by atoms with van der Waals surface area (Å²) in [6.45, 7) is 21.1. The SMILES string of the molecule is CC(C)C[C@@H]1NC(=O)[C@H](Cc2ccccc2)N(C)C(=O)[C@H](COC(C)(C)C)NC(=O)[C@H](Cc2ccccc2)N(C)C(O)[C@H](C)N(C)C(=O)[C@H](CC(C)C)N(C)C(=O)[C@@H](C)NC(=O)C[C@@H](C(=O)N2CCCCC2)NC(O)[C@H](Cc2ccccc2)N(C)C(=O)[C@H]([C@@H](C)O)NC(=O)[C@H](CC(C)C)N(C)C1=O. The van der Waals surface area contributed by atoms with Crippen LogP contribution >= 0.6 is 0 Å². The maximum atomic E-state index is 15.5. The first kappa shape index (κ1) is 85.8. The van der Waals surface area contributed by atoms with Crippen molar-refractivity contribution >= 4 is 59.1 Å². The lowest BCUT2D eigenvalue weighted by atomic mass is 9.97. The number of likely N-dealkylation sites (tertiary alicyclic amines) is 1. The highest BCUT2D eigenvalue weighted by Crippen LogP contribution is 2.24. The summed E-state index contributed by atoms with van der Waals surface area (Å²) < 4.78 is 6.26. The molecule has 0 saturated carbocycles. The van der Waals surface area contributed by atoms with Gasteiger partial charge in [0.25, 0.3) is 0 Å². The van der Waals surface area contributed by atoms with Crippen molar-refractivity contribution in [2.45, 2.75) is 238 Å². The number of hydrogen-bond donors (Lipinski definition) is 8. The molecule has 103 heavy (non-hydrogen) atoms. The summed E-state index contributed by atoms with van der Waals surface area (Å²) >= 11 is 0. The van der Waals surface area contributed by atoms with Crippen molar-refractivity contribution in [3.8, 4) is 0 Å². The number of carbonyl (C=O) groups is 10. The molecular weight excluding hydrogens is 1320 g/mol. The molecule has 2 heterocycles. The van der Waals surface area contributed by atoms with Crippen LogP contribution < -0.4 is 26.6 Å². The Bertz CT molecular complexity index is 3260. The average molecular weight is 1440 g/mol. The predicted octanol–water partition coefficient (Wildman–Crippen LogP) is 3.47. The van der Waals surface area contributed by atoms with E-state index in [-0.39, 0.29) is 62.9 Å². The van der Waals surface area contributed by atoms with Crippen molar-refractivity contribution in [1.82, 2.24) is 60.9 Å². The molecule has 0 aromatic heterocycles. The minimum atomic E-state index is -1.77. The van der Waals surface area contributed by atoms with E-state index in [1.54, 1.807) is 118 Å². The van der Waals surface area contributed by atoms with Gasteiger partial charge in [-0.15, -0.1) is 0 Å². The Hall–Kier alpha value is -7.88. The molecule has 3 aromatic rings. The molecule has 572 valence electrons. The Balaban J connectivity index is 1.71. The molecule has 0 bridgehead atoms. The maximum absolute atomic E-state index is 15.5. The predicted molar refractivity (Wildman–Crippen MR) is 394 cm³/mol. The lowest BCUT2D eigenvalue weighted by Crippen LogP contribution is -2.64. The second-order valence-electron chi connectivity index (χ2n) is 30.5. The summed E-state index contributed by atoms with van der Waals surface area (Å²) in [5.41, 5.74) is 1.12. The van der Waals surface area contributed by atoms with Crippen molar-refractivity contribution in [3.05, 3.63) is 108 Å². The smallest absolute Gasteiger partial charge is 0.247 e. The molecule has 26 nitrogen and oxygen atoms in total. The second kappa shape index (κ2) is 39.8. The zero-order chi connectivity index (χ0) is 76.9. The average Bonchev–Trinajstić information content (AvgIpc) is 0.822. The fourth-order valence-corrected chi connectivity index (χ4v) is 13.2. The van der Waals surface area contributed by atoms with Gasteiger partial charge >= 0.3 is 0 Å². The highest BCUT2D eigenvalue weighted by molar-refractivity contribution is 5.98. The molecule has 14 atom stereocenters. The quantitative estimate of drug-likeness (QED) is 0.102. The van der Waals surface area contributed by atoms with E-state index in [0.29, 0.717) is 42.6 Å². The molecule has 2 saturated heterocycles. The van der Waals surface area contributed by atoms with Crippen molar-refractivity contribution < 1.29 is 68.0 Å². The molecule has 8 N–H and O–H groups in total. The van der Waals surface area contributed by atoms with Gasteiger partial charge in [0.1, 0.15) is 54.7 Å². The standard InChI is InChI=1S/C77H120N12O14/c1-47(2)39-56-72(98)85(15)59(40-48(3)4)69(95)82-65(52(9)90)76(102)87(17)62(44-55-35-27-21-28-36-55)67(93)80-57(74(100)89-37-29-22-30-38-89)45-64(91)78-50(7)70(96)88(18)63(41-49(5)6)75(101)83(13)51(8)71(97)84(14)60(42-53-31-23-19-24-32-53)68(94)81-58(46-103-77(10,11)12)73(99)86(16)61(66(92)79-56)43-54-33-25-20-26-34-54/h19-21,23-28,31-36,47-52,56-63,65,67,71,80,90,93,97H,22,29-30,37-46H2,1-18H3,(H,78,91)(H,79,92)(H,81,94)(H,82,95)/t50-,51+,52-,56+,57+,58+,59+,60+,61+,62+,63+,65+,67?,71?/m1/s1. The topological polar surface area (TPSA) is 323 Å². The first-order valence-electron chi connectivity index (χ1n) is 36.4. The zero-order valence-electron chi connectivity index (χ0n) is 64.1. The van der Waals surface area contributed by atoms with Crippen LogP contribution in [-0.4, -0.2) is 261 Å². The summed E-state index contributed by atoms with van der Waals surface area (Å²) in [4.78, 5) is 160. The number of likely N-dealkylation sites (N-methyl/N-ethyl adjacent to an activating group) is 6. The molecule has 5 rings (SSSR count). The van der Waals surface area contributed by atoms with Crippen LogP contribution in [0.15, 0.2) is 91.0 Å². The van der Waals surface area contributed by atoms with Crippen LogP contribution in [0.2, 0.25) is 0 Å². The number of aliphatic hydroxyl groups excluding tert-OH is 3. The fraction of sp³-hybridized carbons (Fsp3) is 0.636. The third kappa shape index (κ3) is 25.2. The molecule has 0 radical (unpaired) electrons. The van der Waals surface area contributed by atoms with E-state index >= 15 is 33.6 Å². The van der Waals surface area contributed by atoms with Gasteiger partial charge in [-0.05, 0) is 134 Å². The summed E-state index contributed by atoms with van der Waals surface area (Å²) in [6.07, 6.45) is -3.17. The van der Waals surface area contributed by atoms with Crippen molar-refractivity contribution in [2.75, 3.05) is 62.0 Å². The first-order valence-corrected chi connectivity index (χ1v) is 36.4. The van der Waals surface area contributed by atoms with Crippen LogP contribution in [0, 0.1) is 17.8 Å². The monoisotopic (exact) mass is 1440 g/mol. The molecule has 0 spiro atoms. The van der Waals surface area contributed by atoms with Crippen LogP contribution in [-0.2, 0) is 71.9 Å². The fourth-order valence-electron chi connectivity index (χ4n) is 13.2. The van der Waals surface area contributed by atoms with Crippen LogP contribution in [0.4, 0.5) is 0 Å². The van der Waals surface area contributed by atoms with Gasteiger partial charge in [-0.25, -0.2) is 0 Å². The lowest BCUT2D eigenvalue weighted by molar-refractivity contribution is -0.152. The van der Waals surface area contributed by atoms with Gasteiger partial charge in [0.2, 0.25) is 59.1 Å². The zero-order valence-corrected chi connectivity index (χ0v) is 64.1. The molecular formula is C77H120N12O14. The molecule has 2 aliphatic rings. The number of rotatable bonds is 16. The molecule has 0 aliphatic carbocycles. The van der Waals surface area contributed by atoms with E-state index in [2.05, 4.69) is 26.6 Å². The van der Waals surface area contributed by atoms with Crippen molar-refractivity contribution in [2.24, 2.45) is 17.8 Å². The summed E-state index contributed by atoms with van der Waals surface area (Å²) in [7, 11) is 8.63. The van der Waals surface area contributed by atoms with Gasteiger partial charge in [0.15, 0.2) is 0 Å². The van der Waals surface area contributed by atoms with Crippen LogP contribution in [0.3, 0.4) is 0 Å². The number of piperidine rings is 1. The number of amides is 10. The molecule has 2 fully saturated rings. The molecule has 10 amide bonds.